The van der Waals surface area contributed by atoms with Crippen LogP contribution in [0.4, 0.5) is 0 Å². The minimum absolute atomic E-state index is 0.612. The van der Waals surface area contributed by atoms with Gasteiger partial charge >= 0.3 is 0 Å². The van der Waals surface area contributed by atoms with E-state index in [2.05, 4.69) is 26.2 Å². The Morgan fingerprint density at radius 3 is 3.07 bits per heavy atom. The first-order valence-corrected chi connectivity index (χ1v) is 4.92. The van der Waals surface area contributed by atoms with Gasteiger partial charge in [0.1, 0.15) is 11.5 Å². The molecule has 0 spiro atoms. The lowest BCUT2D eigenvalue weighted by Crippen LogP contribution is -1.87. The standard InChI is InChI=1S/C14H16O/c1-4-5-9-13(3)15-14-10-7-6-8-12(2)11-14/h4-7,9-11H,1,3,8H2,2H3/b9-5-. The van der Waals surface area contributed by atoms with Crippen molar-refractivity contribution in [3.05, 3.63) is 72.8 Å². The zero-order chi connectivity index (χ0) is 11.1. The molecule has 0 aromatic heterocycles. The van der Waals surface area contributed by atoms with E-state index in [1.54, 1.807) is 18.2 Å². The molecule has 0 N–H and O–H groups in total. The summed E-state index contributed by atoms with van der Waals surface area (Å²) in [4.78, 5) is 0. The summed E-state index contributed by atoms with van der Waals surface area (Å²) in [5.74, 6) is 1.43. The molecule has 0 heterocycles. The van der Waals surface area contributed by atoms with Crippen LogP contribution in [0.25, 0.3) is 0 Å². The van der Waals surface area contributed by atoms with Crippen molar-refractivity contribution >= 4 is 0 Å². The van der Waals surface area contributed by atoms with E-state index in [1.807, 2.05) is 18.2 Å². The van der Waals surface area contributed by atoms with Crippen molar-refractivity contribution in [2.75, 3.05) is 0 Å². The van der Waals surface area contributed by atoms with Crippen LogP contribution in [0.3, 0.4) is 0 Å². The van der Waals surface area contributed by atoms with Gasteiger partial charge < -0.3 is 4.74 Å². The maximum atomic E-state index is 5.55. The summed E-state index contributed by atoms with van der Waals surface area (Å²) in [5.41, 5.74) is 1.27. The maximum Gasteiger partial charge on any atom is 0.127 e. The third-order valence-corrected chi connectivity index (χ3v) is 1.89. The van der Waals surface area contributed by atoms with E-state index in [1.165, 1.54) is 5.57 Å². The molecule has 0 fully saturated rings. The molecule has 0 saturated carbocycles. The number of hydrogen-bond acceptors (Lipinski definition) is 1. The highest BCUT2D eigenvalue weighted by Gasteiger charge is 1.98. The number of hydrogen-bond donors (Lipinski definition) is 0. The molecule has 0 aromatic rings. The van der Waals surface area contributed by atoms with Crippen molar-refractivity contribution in [3.63, 3.8) is 0 Å². The van der Waals surface area contributed by atoms with E-state index in [4.69, 9.17) is 4.74 Å². The summed E-state index contributed by atoms with van der Waals surface area (Å²) in [7, 11) is 0. The molecule has 0 atom stereocenters. The van der Waals surface area contributed by atoms with Gasteiger partial charge in [0.25, 0.3) is 0 Å². The van der Waals surface area contributed by atoms with Crippen LogP contribution in [-0.2, 0) is 4.74 Å². The quantitative estimate of drug-likeness (QED) is 0.491. The molecule has 0 bridgehead atoms. The van der Waals surface area contributed by atoms with Crippen molar-refractivity contribution in [1.29, 1.82) is 0 Å². The third kappa shape index (κ3) is 4.32. The molecule has 1 aliphatic rings. The second kappa shape index (κ2) is 5.86. The van der Waals surface area contributed by atoms with Crippen LogP contribution in [0, 0.1) is 0 Å². The highest BCUT2D eigenvalue weighted by atomic mass is 16.5. The van der Waals surface area contributed by atoms with Crippen LogP contribution in [-0.4, -0.2) is 0 Å². The lowest BCUT2D eigenvalue weighted by atomic mass is 10.2. The molecule has 1 rings (SSSR count). The van der Waals surface area contributed by atoms with Crippen molar-refractivity contribution < 1.29 is 4.74 Å². The van der Waals surface area contributed by atoms with Crippen molar-refractivity contribution in [2.24, 2.45) is 0 Å². The van der Waals surface area contributed by atoms with Gasteiger partial charge in [-0.05, 0) is 31.6 Å². The van der Waals surface area contributed by atoms with Crippen LogP contribution < -0.4 is 0 Å². The van der Waals surface area contributed by atoms with Gasteiger partial charge in [0.05, 0.1) is 0 Å². The minimum atomic E-state index is 0.612. The fraction of sp³-hybridized carbons (Fsp3) is 0.143. The topological polar surface area (TPSA) is 9.23 Å². The molecular weight excluding hydrogens is 184 g/mol. The monoisotopic (exact) mass is 200 g/mol. The molecule has 0 radical (unpaired) electrons. The SMILES string of the molecule is C=C/C=C\C(=C)OC1=CC=CCC(C)=C1. The fourth-order valence-corrected chi connectivity index (χ4v) is 1.19. The van der Waals surface area contributed by atoms with Gasteiger partial charge in [-0.3, -0.25) is 0 Å². The smallest absolute Gasteiger partial charge is 0.127 e. The first kappa shape index (κ1) is 11.3. The van der Waals surface area contributed by atoms with Crippen LogP contribution in [0.5, 0.6) is 0 Å². The zero-order valence-corrected chi connectivity index (χ0v) is 9.07. The van der Waals surface area contributed by atoms with Crippen molar-refractivity contribution in [3.8, 4) is 0 Å². The molecular formula is C14H16O. The highest BCUT2D eigenvalue weighted by Crippen LogP contribution is 2.15. The lowest BCUT2D eigenvalue weighted by molar-refractivity contribution is 0.338. The second-order valence-corrected chi connectivity index (χ2v) is 3.36. The molecule has 1 nitrogen and oxygen atoms in total. The normalized spacial score (nSPS) is 15.5. The molecule has 15 heavy (non-hydrogen) atoms. The lowest BCUT2D eigenvalue weighted by Gasteiger charge is -2.05. The van der Waals surface area contributed by atoms with E-state index in [9.17, 15) is 0 Å². The van der Waals surface area contributed by atoms with Gasteiger partial charge in [-0.25, -0.2) is 0 Å². The molecule has 0 saturated heterocycles. The Labute approximate surface area is 91.5 Å². The predicted octanol–water partition coefficient (Wildman–Crippen LogP) is 4.05. The summed E-state index contributed by atoms with van der Waals surface area (Å²) in [6, 6.07) is 0. The van der Waals surface area contributed by atoms with Crippen molar-refractivity contribution in [1.82, 2.24) is 0 Å². The Balaban J connectivity index is 2.65. The largest absolute Gasteiger partial charge is 0.458 e. The minimum Gasteiger partial charge on any atom is -0.458 e. The van der Waals surface area contributed by atoms with Gasteiger partial charge in [0.15, 0.2) is 0 Å². The first-order valence-electron chi connectivity index (χ1n) is 4.92. The molecule has 1 aliphatic carbocycles. The van der Waals surface area contributed by atoms with Gasteiger partial charge in [-0.1, -0.05) is 43.0 Å². The third-order valence-electron chi connectivity index (χ3n) is 1.89. The van der Waals surface area contributed by atoms with E-state index in [0.717, 1.165) is 12.2 Å². The van der Waals surface area contributed by atoms with Gasteiger partial charge in [-0.2, -0.15) is 0 Å². The Hall–Kier alpha value is -1.76. The Morgan fingerprint density at radius 1 is 1.53 bits per heavy atom. The van der Waals surface area contributed by atoms with E-state index >= 15 is 0 Å². The van der Waals surface area contributed by atoms with Gasteiger partial charge in [-0.15, -0.1) is 0 Å². The summed E-state index contributed by atoms with van der Waals surface area (Å²) < 4.78 is 5.55. The summed E-state index contributed by atoms with van der Waals surface area (Å²) in [5, 5.41) is 0. The molecule has 0 aliphatic heterocycles. The Kier molecular flexibility index (Phi) is 4.42. The summed E-state index contributed by atoms with van der Waals surface area (Å²) in [6.07, 6.45) is 14.3. The second-order valence-electron chi connectivity index (χ2n) is 3.36. The van der Waals surface area contributed by atoms with Gasteiger partial charge in [0.2, 0.25) is 0 Å². The van der Waals surface area contributed by atoms with E-state index in [-0.39, 0.29) is 0 Å². The van der Waals surface area contributed by atoms with Crippen LogP contribution in [0.1, 0.15) is 13.3 Å². The summed E-state index contributed by atoms with van der Waals surface area (Å²) in [6.45, 7) is 9.45. The Bertz CT molecular complexity index is 365. The average Bonchev–Trinajstić information content (AvgIpc) is 2.39. The van der Waals surface area contributed by atoms with E-state index < -0.39 is 0 Å². The number of rotatable bonds is 4. The van der Waals surface area contributed by atoms with Crippen LogP contribution >= 0.6 is 0 Å². The number of ether oxygens (including phenoxy) is 1. The average molecular weight is 200 g/mol. The highest BCUT2D eigenvalue weighted by molar-refractivity contribution is 5.29. The fourth-order valence-electron chi connectivity index (χ4n) is 1.19. The van der Waals surface area contributed by atoms with Crippen LogP contribution in [0.15, 0.2) is 72.8 Å². The predicted molar refractivity (Wildman–Crippen MR) is 65.2 cm³/mol. The molecule has 0 amide bonds. The van der Waals surface area contributed by atoms with Crippen molar-refractivity contribution in [2.45, 2.75) is 13.3 Å². The van der Waals surface area contributed by atoms with E-state index in [0.29, 0.717) is 5.76 Å². The number of allylic oxidation sites excluding steroid dienone is 8. The Morgan fingerprint density at radius 2 is 2.33 bits per heavy atom. The molecule has 0 aromatic carbocycles. The molecule has 78 valence electrons. The first-order chi connectivity index (χ1) is 7.22. The van der Waals surface area contributed by atoms with Gasteiger partial charge in [0, 0.05) is 0 Å². The maximum absolute atomic E-state index is 5.55. The summed E-state index contributed by atoms with van der Waals surface area (Å²) >= 11 is 0. The molecule has 0 unspecified atom stereocenters. The molecule has 1 heteroatoms. The zero-order valence-electron chi connectivity index (χ0n) is 9.07. The van der Waals surface area contributed by atoms with Crippen LogP contribution in [0.2, 0.25) is 0 Å².